The fraction of sp³-hybridized carbons (Fsp3) is 0.0741. The third kappa shape index (κ3) is 4.00. The topological polar surface area (TPSA) is 29.1 Å². The number of hydrogen-bond acceptors (Lipinski definition) is 1. The van der Waals surface area contributed by atoms with Crippen LogP contribution < -0.4 is 0 Å². The molecule has 1 atom stereocenters. The van der Waals surface area contributed by atoms with Gasteiger partial charge in [0.1, 0.15) is 0 Å². The van der Waals surface area contributed by atoms with Gasteiger partial charge in [0.2, 0.25) is 0 Å². The third-order valence-corrected chi connectivity index (χ3v) is 5.21. The summed E-state index contributed by atoms with van der Waals surface area (Å²) in [5, 5.41) is 12.6. The Kier molecular flexibility index (Phi) is 5.85. The molecule has 0 aliphatic carbocycles. The highest BCUT2D eigenvalue weighted by Gasteiger charge is 2.45. The van der Waals surface area contributed by atoms with Crippen molar-refractivity contribution in [3.63, 3.8) is 0 Å². The summed E-state index contributed by atoms with van der Waals surface area (Å²) in [4.78, 5) is 5.21. The van der Waals surface area contributed by atoms with Crippen molar-refractivity contribution in [3.8, 4) is 0 Å². The van der Waals surface area contributed by atoms with Gasteiger partial charge in [0, 0.05) is 6.42 Å². The van der Waals surface area contributed by atoms with E-state index in [9.17, 15) is 5.26 Å². The van der Waals surface area contributed by atoms with Gasteiger partial charge in [-0.2, -0.15) is 4.89 Å². The zero-order valence-electron chi connectivity index (χ0n) is 16.1. The van der Waals surface area contributed by atoms with Crippen molar-refractivity contribution >= 4 is 0 Å². The molecule has 0 aliphatic heterocycles. The maximum Gasteiger partial charge on any atom is 0.151 e. The summed E-state index contributed by atoms with van der Waals surface area (Å²) in [7, 11) is 0. The summed E-state index contributed by atoms with van der Waals surface area (Å²) in [6.45, 7) is 0. The monoisotopic (exact) mass is 378 g/mol. The second-order valence-corrected chi connectivity index (χ2v) is 7.05. The zero-order valence-corrected chi connectivity index (χ0v) is 16.1. The lowest BCUT2D eigenvalue weighted by atomic mass is 9.70. The van der Waals surface area contributed by atoms with Crippen molar-refractivity contribution < 1.29 is 10.1 Å². The summed E-state index contributed by atoms with van der Waals surface area (Å²) in [6.07, 6.45) is 0.431. The van der Waals surface area contributed by atoms with Crippen LogP contribution in [0.2, 0.25) is 0 Å². The van der Waals surface area contributed by atoms with E-state index < -0.39 is 5.60 Å². The lowest BCUT2D eigenvalue weighted by Crippen LogP contribution is -2.39. The van der Waals surface area contributed by atoms with Gasteiger partial charge >= 0.3 is 0 Å². The van der Waals surface area contributed by atoms with Crippen LogP contribution in [0, 0.1) is 5.92 Å². The van der Waals surface area contributed by atoms with E-state index in [4.69, 9.17) is 4.89 Å². The van der Waals surface area contributed by atoms with Gasteiger partial charge < -0.3 is 0 Å². The van der Waals surface area contributed by atoms with Crippen LogP contribution >= 0.6 is 0 Å². The Hall–Kier alpha value is -3.20. The number of hydrogen-bond donors (Lipinski definition) is 0. The molecule has 4 aromatic carbocycles. The van der Waals surface area contributed by atoms with Crippen molar-refractivity contribution in [1.29, 1.82) is 0 Å². The minimum Gasteiger partial charge on any atom is -0.191 e. The van der Waals surface area contributed by atoms with Crippen molar-refractivity contribution in [2.75, 3.05) is 0 Å². The average molecular weight is 378 g/mol. The molecular weight excluding hydrogens is 356 g/mol. The van der Waals surface area contributed by atoms with Crippen LogP contribution in [-0.4, -0.2) is 0 Å². The summed E-state index contributed by atoms with van der Waals surface area (Å²) < 4.78 is 0. The Balaban J connectivity index is 1.95. The van der Waals surface area contributed by atoms with E-state index in [0.29, 0.717) is 6.42 Å². The van der Waals surface area contributed by atoms with Crippen LogP contribution in [0.4, 0.5) is 0 Å². The number of rotatable bonds is 7. The molecule has 4 rings (SSSR count). The third-order valence-electron chi connectivity index (χ3n) is 5.21. The molecule has 0 saturated carbocycles. The molecule has 0 N–H and O–H groups in total. The van der Waals surface area contributed by atoms with E-state index in [-0.39, 0.29) is 0 Å². The molecule has 0 heterocycles. The maximum absolute atomic E-state index is 12.6. The van der Waals surface area contributed by atoms with Crippen LogP contribution in [0.1, 0.15) is 22.3 Å². The van der Waals surface area contributed by atoms with Gasteiger partial charge in [-0.1, -0.05) is 121 Å². The minimum atomic E-state index is -1.18. The van der Waals surface area contributed by atoms with E-state index in [1.807, 2.05) is 121 Å². The SMILES string of the molecule is [O]OC(Cc1ccccc1)([C](c1ccccc1)c1ccccc1)c1ccccc1. The second-order valence-electron chi connectivity index (χ2n) is 7.05. The van der Waals surface area contributed by atoms with E-state index in [1.165, 1.54) is 0 Å². The van der Waals surface area contributed by atoms with E-state index in [1.54, 1.807) is 0 Å². The van der Waals surface area contributed by atoms with E-state index >= 15 is 0 Å². The largest absolute Gasteiger partial charge is 0.191 e. The second kappa shape index (κ2) is 8.87. The van der Waals surface area contributed by atoms with E-state index in [2.05, 4.69) is 0 Å². The molecule has 0 fully saturated rings. The first kappa shape index (κ1) is 19.1. The standard InChI is InChI=1S/C27H22O2/c28-29-27(25-19-11-4-12-20-25,21-22-13-5-1-6-14-22)26(23-15-7-2-8-16-23)24-17-9-3-10-18-24/h1-20H,21H2. The van der Waals surface area contributed by atoms with Gasteiger partial charge in [0.05, 0.1) is 5.92 Å². The Morgan fingerprint density at radius 2 is 1.00 bits per heavy atom. The molecule has 1 unspecified atom stereocenters. The van der Waals surface area contributed by atoms with Crippen LogP contribution in [0.5, 0.6) is 0 Å². The predicted octanol–water partition coefficient (Wildman–Crippen LogP) is 6.16. The summed E-state index contributed by atoms with van der Waals surface area (Å²) >= 11 is 0. The highest BCUT2D eigenvalue weighted by molar-refractivity contribution is 5.54. The van der Waals surface area contributed by atoms with Gasteiger partial charge in [-0.05, 0) is 27.5 Å². The Morgan fingerprint density at radius 3 is 1.45 bits per heavy atom. The molecule has 2 heteroatoms. The summed E-state index contributed by atoms with van der Waals surface area (Å²) in [5.74, 6) is 0.865. The molecule has 0 saturated heterocycles. The summed E-state index contributed by atoms with van der Waals surface area (Å²) in [5.41, 5.74) is 2.63. The first-order valence-corrected chi connectivity index (χ1v) is 9.72. The quantitative estimate of drug-likeness (QED) is 0.280. The van der Waals surface area contributed by atoms with E-state index in [0.717, 1.165) is 28.2 Å². The molecule has 0 bridgehead atoms. The molecule has 0 spiro atoms. The first-order chi connectivity index (χ1) is 14.3. The van der Waals surface area contributed by atoms with Gasteiger partial charge in [0.25, 0.3) is 0 Å². The van der Waals surface area contributed by atoms with Crippen molar-refractivity contribution in [2.45, 2.75) is 12.0 Å². The fourth-order valence-electron chi connectivity index (χ4n) is 3.89. The first-order valence-electron chi connectivity index (χ1n) is 9.72. The maximum atomic E-state index is 12.6. The fourth-order valence-corrected chi connectivity index (χ4v) is 3.89. The minimum absolute atomic E-state index is 0.431. The van der Waals surface area contributed by atoms with Gasteiger partial charge in [-0.15, -0.1) is 0 Å². The highest BCUT2D eigenvalue weighted by Crippen LogP contribution is 2.45. The Labute approximate surface area is 172 Å². The molecule has 0 amide bonds. The molecule has 2 nitrogen and oxygen atoms in total. The van der Waals surface area contributed by atoms with Crippen molar-refractivity contribution in [1.82, 2.24) is 0 Å². The number of benzene rings is 4. The van der Waals surface area contributed by atoms with Gasteiger partial charge in [0.15, 0.2) is 5.60 Å². The summed E-state index contributed by atoms with van der Waals surface area (Å²) in [6, 6.07) is 39.8. The molecule has 0 aromatic heterocycles. The molecule has 142 valence electrons. The lowest BCUT2D eigenvalue weighted by molar-refractivity contribution is -0.372. The lowest BCUT2D eigenvalue weighted by Gasteiger charge is -2.38. The average Bonchev–Trinajstić information content (AvgIpc) is 2.81. The normalized spacial score (nSPS) is 13.2. The molecule has 0 aliphatic rings. The van der Waals surface area contributed by atoms with Gasteiger partial charge in [-0.3, -0.25) is 0 Å². The Morgan fingerprint density at radius 1 is 0.586 bits per heavy atom. The predicted molar refractivity (Wildman–Crippen MR) is 114 cm³/mol. The van der Waals surface area contributed by atoms with Gasteiger partial charge in [-0.25, -0.2) is 0 Å². The van der Waals surface area contributed by atoms with Crippen LogP contribution in [0.3, 0.4) is 0 Å². The molecule has 4 aromatic rings. The zero-order chi connectivity index (χ0) is 19.9. The highest BCUT2D eigenvalue weighted by atomic mass is 17.1. The smallest absolute Gasteiger partial charge is 0.151 e. The van der Waals surface area contributed by atoms with Crippen LogP contribution in [-0.2, 0) is 22.2 Å². The van der Waals surface area contributed by atoms with Crippen LogP contribution in [0.15, 0.2) is 121 Å². The van der Waals surface area contributed by atoms with Crippen molar-refractivity contribution in [2.24, 2.45) is 0 Å². The molecular formula is C27H22O2. The van der Waals surface area contributed by atoms with Crippen LogP contribution in [0.25, 0.3) is 0 Å². The molecule has 29 heavy (non-hydrogen) atoms. The molecule has 2 radical (unpaired) electrons. The van der Waals surface area contributed by atoms with Crippen molar-refractivity contribution in [3.05, 3.63) is 149 Å². The Bertz CT molecular complexity index is 962.